The second-order valence-corrected chi connectivity index (χ2v) is 10.3. The minimum Gasteiger partial charge on any atom is -0.497 e. The van der Waals surface area contributed by atoms with Gasteiger partial charge < -0.3 is 24.4 Å². The molecule has 12 heteroatoms. The Hall–Kier alpha value is -3.05. The Labute approximate surface area is 235 Å². The van der Waals surface area contributed by atoms with Crippen molar-refractivity contribution >= 4 is 23.4 Å². The maximum absolute atomic E-state index is 14.9. The molecular formula is C28H33ClF4N2O5. The second-order valence-electron chi connectivity index (χ2n) is 9.92. The maximum atomic E-state index is 14.9. The van der Waals surface area contributed by atoms with Gasteiger partial charge in [-0.3, -0.25) is 9.59 Å². The van der Waals surface area contributed by atoms with Gasteiger partial charge in [-0.05, 0) is 61.9 Å². The summed E-state index contributed by atoms with van der Waals surface area (Å²) in [7, 11) is 4.49. The predicted octanol–water partition coefficient (Wildman–Crippen LogP) is 5.24. The Kier molecular flexibility index (Phi) is 10.3. The Bertz CT molecular complexity index is 1190. The number of piperidine rings is 1. The van der Waals surface area contributed by atoms with Crippen LogP contribution in [0.4, 0.5) is 17.6 Å². The molecule has 1 heterocycles. The summed E-state index contributed by atoms with van der Waals surface area (Å²) >= 11 is 6.17. The van der Waals surface area contributed by atoms with Crippen LogP contribution in [0.5, 0.6) is 11.5 Å². The molecule has 220 valence electrons. The van der Waals surface area contributed by atoms with Gasteiger partial charge in [0.25, 0.3) is 17.4 Å². The highest BCUT2D eigenvalue weighted by atomic mass is 35.5. The van der Waals surface area contributed by atoms with Crippen LogP contribution in [0.15, 0.2) is 42.5 Å². The molecule has 1 aliphatic heterocycles. The number of likely N-dealkylation sites (tertiary alicyclic amines) is 1. The van der Waals surface area contributed by atoms with E-state index in [0.29, 0.717) is 17.7 Å². The molecule has 40 heavy (non-hydrogen) atoms. The zero-order valence-electron chi connectivity index (χ0n) is 22.5. The van der Waals surface area contributed by atoms with Gasteiger partial charge in [0.15, 0.2) is 0 Å². The topological polar surface area (TPSA) is 79.3 Å². The molecule has 2 atom stereocenters. The lowest BCUT2D eigenvalue weighted by molar-refractivity contribution is -0.262. The first kappa shape index (κ1) is 31.5. The van der Waals surface area contributed by atoms with Crippen molar-refractivity contribution in [2.75, 3.05) is 40.9 Å². The number of aliphatic hydroxyl groups is 1. The smallest absolute Gasteiger partial charge is 0.430 e. The van der Waals surface area contributed by atoms with E-state index in [0.717, 1.165) is 17.0 Å². The average molecular weight is 589 g/mol. The van der Waals surface area contributed by atoms with Crippen LogP contribution in [0.3, 0.4) is 0 Å². The molecule has 1 saturated heterocycles. The van der Waals surface area contributed by atoms with E-state index in [4.69, 9.17) is 21.1 Å². The number of carbonyl (C=O) groups is 2. The molecule has 0 spiro atoms. The van der Waals surface area contributed by atoms with Crippen LogP contribution in [0.1, 0.15) is 41.6 Å². The second kappa shape index (κ2) is 13.1. The Morgan fingerprint density at radius 1 is 1.12 bits per heavy atom. The van der Waals surface area contributed by atoms with Crippen molar-refractivity contribution in [3.63, 3.8) is 0 Å². The van der Waals surface area contributed by atoms with Gasteiger partial charge >= 0.3 is 6.18 Å². The lowest BCUT2D eigenvalue weighted by Crippen LogP contribution is -2.57. The summed E-state index contributed by atoms with van der Waals surface area (Å²) < 4.78 is 67.5. The van der Waals surface area contributed by atoms with Gasteiger partial charge in [0, 0.05) is 32.7 Å². The molecule has 2 amide bonds. The first-order valence-electron chi connectivity index (χ1n) is 12.8. The van der Waals surface area contributed by atoms with Crippen LogP contribution in [-0.2, 0) is 10.4 Å². The van der Waals surface area contributed by atoms with Crippen molar-refractivity contribution in [2.45, 2.75) is 43.6 Å². The summed E-state index contributed by atoms with van der Waals surface area (Å²) in [5.41, 5.74) is -4.05. The quantitative estimate of drug-likeness (QED) is 0.304. The van der Waals surface area contributed by atoms with E-state index in [1.807, 2.05) is 0 Å². The maximum Gasteiger partial charge on any atom is 0.430 e. The summed E-state index contributed by atoms with van der Waals surface area (Å²) in [6.45, 7) is -0.0210. The number of hydrogen-bond acceptors (Lipinski definition) is 5. The van der Waals surface area contributed by atoms with E-state index in [-0.39, 0.29) is 55.6 Å². The molecule has 0 aliphatic carbocycles. The van der Waals surface area contributed by atoms with Crippen LogP contribution >= 0.6 is 11.6 Å². The molecule has 2 aromatic rings. The average Bonchev–Trinajstić information content (AvgIpc) is 2.93. The minimum atomic E-state index is -5.28. The summed E-state index contributed by atoms with van der Waals surface area (Å²) in [6.07, 6.45) is -5.64. The molecule has 3 rings (SSSR count). The molecule has 0 bridgehead atoms. The number of hydrogen-bond donors (Lipinski definition) is 1. The molecule has 1 fully saturated rings. The molecule has 7 nitrogen and oxygen atoms in total. The number of halogens is 5. The van der Waals surface area contributed by atoms with E-state index in [1.165, 1.54) is 30.2 Å². The SMILES string of the molecule is COc1cccc(C(O)(C(=O)N2CCC(C(F)CCCOc3ccc(C(=O)N(C)C)c(Cl)c3)CC2)C(F)(F)F)c1. The van der Waals surface area contributed by atoms with Crippen LogP contribution in [0.25, 0.3) is 0 Å². The molecule has 2 unspecified atom stereocenters. The summed E-state index contributed by atoms with van der Waals surface area (Å²) in [5, 5.41) is 10.9. The van der Waals surface area contributed by atoms with E-state index in [1.54, 1.807) is 26.2 Å². The fourth-order valence-corrected chi connectivity index (χ4v) is 4.90. The van der Waals surface area contributed by atoms with Crippen molar-refractivity contribution in [1.29, 1.82) is 0 Å². The molecule has 0 saturated carbocycles. The number of amides is 2. The molecule has 0 radical (unpaired) electrons. The largest absolute Gasteiger partial charge is 0.497 e. The molecule has 0 aromatic heterocycles. The molecule has 1 N–H and O–H groups in total. The Balaban J connectivity index is 1.52. The number of benzene rings is 2. The summed E-state index contributed by atoms with van der Waals surface area (Å²) in [5.74, 6) is -1.67. The standard InChI is InChI=1S/C28H33ClF4N2O5/c1-34(2)25(36)22-10-9-21(17-23(22)29)40-15-5-8-24(30)18-11-13-35(14-12-18)26(37)27(38,28(31,32)33)19-6-4-7-20(16-19)39-3/h4,6-7,9-10,16-18,24,38H,5,8,11-15H2,1-3H3. The number of alkyl halides is 4. The molecule has 2 aromatic carbocycles. The Morgan fingerprint density at radius 2 is 1.80 bits per heavy atom. The number of carbonyl (C=O) groups excluding carboxylic acids is 2. The number of rotatable bonds is 10. The van der Waals surface area contributed by atoms with Crippen molar-refractivity contribution < 1.29 is 41.7 Å². The predicted molar refractivity (Wildman–Crippen MR) is 141 cm³/mol. The first-order chi connectivity index (χ1) is 18.8. The van der Waals surface area contributed by atoms with Crippen molar-refractivity contribution in [2.24, 2.45) is 5.92 Å². The van der Waals surface area contributed by atoms with Crippen LogP contribution < -0.4 is 9.47 Å². The summed E-state index contributed by atoms with van der Waals surface area (Å²) in [4.78, 5) is 27.4. The van der Waals surface area contributed by atoms with Crippen molar-refractivity contribution in [1.82, 2.24) is 9.80 Å². The normalized spacial score (nSPS) is 16.7. The first-order valence-corrected chi connectivity index (χ1v) is 13.2. The number of nitrogens with zero attached hydrogens (tertiary/aromatic N) is 2. The third-order valence-corrected chi connectivity index (χ3v) is 7.33. The molecule has 1 aliphatic rings. The van der Waals surface area contributed by atoms with Gasteiger partial charge in [-0.25, -0.2) is 4.39 Å². The number of ether oxygens (including phenoxy) is 2. The lowest BCUT2D eigenvalue weighted by Gasteiger charge is -2.39. The van der Waals surface area contributed by atoms with Crippen molar-refractivity contribution in [3.8, 4) is 11.5 Å². The van der Waals surface area contributed by atoms with Gasteiger partial charge in [-0.15, -0.1) is 0 Å². The fraction of sp³-hybridized carbons (Fsp3) is 0.500. The number of methoxy groups -OCH3 is 1. The van der Waals surface area contributed by atoms with Crippen LogP contribution in [0, 0.1) is 5.92 Å². The highest BCUT2D eigenvalue weighted by Gasteiger charge is 2.62. The van der Waals surface area contributed by atoms with Gasteiger partial charge in [-0.1, -0.05) is 23.7 Å². The monoisotopic (exact) mass is 588 g/mol. The highest BCUT2D eigenvalue weighted by Crippen LogP contribution is 2.42. The van der Waals surface area contributed by atoms with E-state index in [9.17, 15) is 32.3 Å². The zero-order valence-corrected chi connectivity index (χ0v) is 23.3. The fourth-order valence-electron chi connectivity index (χ4n) is 4.65. The van der Waals surface area contributed by atoms with Crippen molar-refractivity contribution in [3.05, 3.63) is 58.6 Å². The van der Waals surface area contributed by atoms with Gasteiger partial charge in [0.05, 0.1) is 24.3 Å². The van der Waals surface area contributed by atoms with E-state index < -0.39 is 35.3 Å². The van der Waals surface area contributed by atoms with E-state index in [2.05, 4.69) is 0 Å². The van der Waals surface area contributed by atoms with Gasteiger partial charge in [-0.2, -0.15) is 13.2 Å². The highest BCUT2D eigenvalue weighted by molar-refractivity contribution is 6.34. The van der Waals surface area contributed by atoms with Crippen LogP contribution in [0.2, 0.25) is 5.02 Å². The lowest BCUT2D eigenvalue weighted by atomic mass is 9.87. The summed E-state index contributed by atoms with van der Waals surface area (Å²) in [6, 6.07) is 9.34. The Morgan fingerprint density at radius 3 is 2.38 bits per heavy atom. The third kappa shape index (κ3) is 6.98. The third-order valence-electron chi connectivity index (χ3n) is 7.02. The zero-order chi connectivity index (χ0) is 29.7. The van der Waals surface area contributed by atoms with Gasteiger partial charge in [0.2, 0.25) is 0 Å². The minimum absolute atomic E-state index is 0.0653. The molecular weight excluding hydrogens is 556 g/mol. The van der Waals surface area contributed by atoms with Gasteiger partial charge in [0.1, 0.15) is 17.7 Å². The van der Waals surface area contributed by atoms with Crippen LogP contribution in [-0.4, -0.2) is 80.0 Å². The van der Waals surface area contributed by atoms with E-state index >= 15 is 0 Å².